The highest BCUT2D eigenvalue weighted by Gasteiger charge is 2.38. The second-order valence-electron chi connectivity index (χ2n) is 6.39. The topological polar surface area (TPSA) is 108 Å². The average molecular weight is 374 g/mol. The maximum absolute atomic E-state index is 11.4. The predicted octanol–water partition coefficient (Wildman–Crippen LogP) is 3.70. The van der Waals surface area contributed by atoms with Crippen molar-refractivity contribution < 1.29 is 14.6 Å². The zero-order valence-corrected chi connectivity index (χ0v) is 14.9. The number of non-ortho nitro benzene ring substituents is 1. The van der Waals surface area contributed by atoms with E-state index in [0.717, 1.165) is 11.1 Å². The van der Waals surface area contributed by atoms with Gasteiger partial charge in [0, 0.05) is 34.7 Å². The summed E-state index contributed by atoms with van der Waals surface area (Å²) in [5, 5.41) is 15.5. The molecule has 134 valence electrons. The van der Waals surface area contributed by atoms with Crippen molar-refractivity contribution in [2.24, 2.45) is 10.9 Å². The van der Waals surface area contributed by atoms with Crippen LogP contribution in [0.4, 0.5) is 5.69 Å². The number of primary amides is 1. The number of carbonyl (C=O) groups excluding carboxylic acids is 1. The Labute approximate surface area is 154 Å². The Kier molecular flexibility index (Phi) is 4.41. The molecular weight excluding hydrogens is 358 g/mol. The van der Waals surface area contributed by atoms with E-state index in [1.54, 1.807) is 32.0 Å². The number of oxime groups is 1. The van der Waals surface area contributed by atoms with Gasteiger partial charge in [-0.05, 0) is 43.2 Å². The third kappa shape index (κ3) is 3.25. The van der Waals surface area contributed by atoms with Crippen LogP contribution in [0.1, 0.15) is 40.4 Å². The first-order valence-corrected chi connectivity index (χ1v) is 8.19. The molecule has 1 aliphatic rings. The fourth-order valence-corrected chi connectivity index (χ4v) is 3.18. The molecule has 26 heavy (non-hydrogen) atoms. The third-order valence-corrected chi connectivity index (χ3v) is 4.61. The summed E-state index contributed by atoms with van der Waals surface area (Å²) >= 11 is 6.01. The third-order valence-electron chi connectivity index (χ3n) is 4.39. The summed E-state index contributed by atoms with van der Waals surface area (Å²) in [5.74, 6) is -0.491. The molecule has 3 rings (SSSR count). The number of hydrogen-bond donors (Lipinski definition) is 1. The van der Waals surface area contributed by atoms with Crippen molar-refractivity contribution in [1.29, 1.82) is 0 Å². The second kappa shape index (κ2) is 6.42. The number of nitrogens with two attached hydrogens (primary N) is 1. The van der Waals surface area contributed by atoms with Gasteiger partial charge in [0.05, 0.1) is 10.6 Å². The van der Waals surface area contributed by atoms with E-state index in [4.69, 9.17) is 22.2 Å². The SMILES string of the molecule is Cc1cc(C2=NOC(C)(c3cc(Cl)cc([N+](=O)[O-])c3)C2)ccc1C(N)=O. The van der Waals surface area contributed by atoms with Gasteiger partial charge in [-0.3, -0.25) is 14.9 Å². The number of nitro benzene ring substituents is 1. The first kappa shape index (κ1) is 17.9. The lowest BCUT2D eigenvalue weighted by Crippen LogP contribution is -2.22. The molecule has 1 heterocycles. The van der Waals surface area contributed by atoms with E-state index in [0.29, 0.717) is 23.3 Å². The molecule has 0 saturated heterocycles. The van der Waals surface area contributed by atoms with Gasteiger partial charge in [-0.15, -0.1) is 0 Å². The van der Waals surface area contributed by atoms with Crippen LogP contribution in [0.25, 0.3) is 0 Å². The smallest absolute Gasteiger partial charge is 0.271 e. The van der Waals surface area contributed by atoms with Crippen LogP contribution in [0.5, 0.6) is 0 Å². The summed E-state index contributed by atoms with van der Waals surface area (Å²) in [6.45, 7) is 3.59. The molecule has 0 fully saturated rings. The van der Waals surface area contributed by atoms with E-state index in [1.165, 1.54) is 12.1 Å². The minimum atomic E-state index is -0.874. The van der Waals surface area contributed by atoms with E-state index >= 15 is 0 Å². The van der Waals surface area contributed by atoms with E-state index in [1.807, 2.05) is 6.07 Å². The Morgan fingerprint density at radius 1 is 1.35 bits per heavy atom. The summed E-state index contributed by atoms with van der Waals surface area (Å²) in [5.41, 5.74) is 7.58. The summed E-state index contributed by atoms with van der Waals surface area (Å²) in [4.78, 5) is 27.6. The number of carbonyl (C=O) groups is 1. The molecule has 0 saturated carbocycles. The number of amides is 1. The van der Waals surface area contributed by atoms with Crippen LogP contribution in [-0.2, 0) is 10.4 Å². The van der Waals surface area contributed by atoms with Crippen molar-refractivity contribution in [3.05, 3.63) is 73.8 Å². The number of halogens is 1. The summed E-state index contributed by atoms with van der Waals surface area (Å²) < 4.78 is 0. The van der Waals surface area contributed by atoms with Gasteiger partial charge in [0.2, 0.25) is 5.91 Å². The first-order chi connectivity index (χ1) is 12.2. The number of nitrogens with zero attached hydrogens (tertiary/aromatic N) is 2. The normalized spacial score (nSPS) is 19.0. The molecule has 1 unspecified atom stereocenters. The van der Waals surface area contributed by atoms with E-state index < -0.39 is 16.4 Å². The molecule has 2 aromatic carbocycles. The molecule has 0 bridgehead atoms. The van der Waals surface area contributed by atoms with Crippen molar-refractivity contribution in [2.45, 2.75) is 25.9 Å². The molecule has 7 nitrogen and oxygen atoms in total. The quantitative estimate of drug-likeness (QED) is 0.651. The van der Waals surface area contributed by atoms with E-state index in [9.17, 15) is 14.9 Å². The van der Waals surface area contributed by atoms with Gasteiger partial charge in [-0.1, -0.05) is 22.8 Å². The molecule has 1 aliphatic heterocycles. The number of aryl methyl sites for hydroxylation is 1. The van der Waals surface area contributed by atoms with E-state index in [-0.39, 0.29) is 10.7 Å². The van der Waals surface area contributed by atoms with Crippen molar-refractivity contribution in [3.63, 3.8) is 0 Å². The molecule has 1 atom stereocenters. The highest BCUT2D eigenvalue weighted by molar-refractivity contribution is 6.30. The number of rotatable bonds is 4. The zero-order valence-electron chi connectivity index (χ0n) is 14.2. The van der Waals surface area contributed by atoms with Crippen LogP contribution in [0, 0.1) is 17.0 Å². The molecule has 2 aromatic rings. The zero-order chi connectivity index (χ0) is 19.1. The molecule has 0 radical (unpaired) electrons. The lowest BCUT2D eigenvalue weighted by molar-refractivity contribution is -0.385. The van der Waals surface area contributed by atoms with Crippen LogP contribution in [0.2, 0.25) is 5.02 Å². The summed E-state index contributed by atoms with van der Waals surface area (Å²) in [6.07, 6.45) is 0.403. The lowest BCUT2D eigenvalue weighted by atomic mass is 9.88. The molecular formula is C18H16ClN3O4. The minimum absolute atomic E-state index is 0.104. The van der Waals surface area contributed by atoms with E-state index in [2.05, 4.69) is 5.16 Å². The van der Waals surface area contributed by atoms with Crippen LogP contribution in [-0.4, -0.2) is 16.5 Å². The van der Waals surface area contributed by atoms with Gasteiger partial charge in [0.1, 0.15) is 0 Å². The lowest BCUT2D eigenvalue weighted by Gasteiger charge is -2.22. The monoisotopic (exact) mass is 373 g/mol. The largest absolute Gasteiger partial charge is 0.384 e. The molecule has 1 amide bonds. The minimum Gasteiger partial charge on any atom is -0.384 e. The highest BCUT2D eigenvalue weighted by atomic mass is 35.5. The Balaban J connectivity index is 1.91. The summed E-state index contributed by atoms with van der Waals surface area (Å²) in [7, 11) is 0. The molecule has 0 aliphatic carbocycles. The van der Waals surface area contributed by atoms with Crippen LogP contribution in [0.15, 0.2) is 41.6 Å². The fourth-order valence-electron chi connectivity index (χ4n) is 2.95. The predicted molar refractivity (Wildman–Crippen MR) is 97.4 cm³/mol. The number of nitro groups is 1. The summed E-state index contributed by atoms with van der Waals surface area (Å²) in [6, 6.07) is 9.57. The van der Waals surface area contributed by atoms with Gasteiger partial charge in [0.15, 0.2) is 5.60 Å². The van der Waals surface area contributed by atoms with Crippen LogP contribution >= 0.6 is 11.6 Å². The van der Waals surface area contributed by atoms with Gasteiger partial charge < -0.3 is 10.6 Å². The number of benzene rings is 2. The molecule has 2 N–H and O–H groups in total. The maximum atomic E-state index is 11.4. The Hall–Kier alpha value is -2.93. The number of hydrogen-bond acceptors (Lipinski definition) is 5. The van der Waals surface area contributed by atoms with Crippen molar-refractivity contribution in [3.8, 4) is 0 Å². The standard InChI is InChI=1S/C18H16ClN3O4/c1-10-5-11(3-4-15(10)17(20)23)16-9-18(2,26-21-16)12-6-13(19)8-14(7-12)22(24)25/h3-8H,9H2,1-2H3,(H2,20,23). The molecule has 0 spiro atoms. The second-order valence-corrected chi connectivity index (χ2v) is 6.82. The fraction of sp³-hybridized carbons (Fsp3) is 0.222. The first-order valence-electron chi connectivity index (χ1n) is 7.81. The molecule has 0 aromatic heterocycles. The molecule has 8 heteroatoms. The van der Waals surface area contributed by atoms with Gasteiger partial charge in [0.25, 0.3) is 5.69 Å². The van der Waals surface area contributed by atoms with Crippen LogP contribution < -0.4 is 5.73 Å². The van der Waals surface area contributed by atoms with Gasteiger partial charge in [-0.25, -0.2) is 0 Å². The Morgan fingerprint density at radius 2 is 2.08 bits per heavy atom. The van der Waals surface area contributed by atoms with Gasteiger partial charge >= 0.3 is 0 Å². The Morgan fingerprint density at radius 3 is 2.69 bits per heavy atom. The average Bonchev–Trinajstić information content (AvgIpc) is 2.97. The van der Waals surface area contributed by atoms with Crippen molar-refractivity contribution in [2.75, 3.05) is 0 Å². The van der Waals surface area contributed by atoms with Crippen LogP contribution in [0.3, 0.4) is 0 Å². The van der Waals surface area contributed by atoms with Crippen molar-refractivity contribution >= 4 is 28.9 Å². The highest BCUT2D eigenvalue weighted by Crippen LogP contribution is 2.38. The van der Waals surface area contributed by atoms with Gasteiger partial charge in [-0.2, -0.15) is 0 Å². The Bertz CT molecular complexity index is 957. The maximum Gasteiger partial charge on any atom is 0.271 e. The van der Waals surface area contributed by atoms with Crippen molar-refractivity contribution in [1.82, 2.24) is 0 Å².